The summed E-state index contributed by atoms with van der Waals surface area (Å²) in [7, 11) is 0. The van der Waals surface area contributed by atoms with Gasteiger partial charge in [0.25, 0.3) is 5.91 Å². The highest BCUT2D eigenvalue weighted by molar-refractivity contribution is 9.10. The van der Waals surface area contributed by atoms with Crippen molar-refractivity contribution in [3.05, 3.63) is 28.2 Å². The molecule has 1 rings (SSSR count). The number of nitrogens with one attached hydrogen (secondary N) is 1. The van der Waals surface area contributed by atoms with Gasteiger partial charge in [0.05, 0.1) is 5.56 Å². The zero-order valence-electron chi connectivity index (χ0n) is 11.6. The van der Waals surface area contributed by atoms with Crippen molar-refractivity contribution >= 4 is 39.3 Å². The molecule has 5 heteroatoms. The van der Waals surface area contributed by atoms with Gasteiger partial charge in [-0.1, -0.05) is 13.8 Å². The fourth-order valence-corrected chi connectivity index (χ4v) is 3.13. The standard InChI is InChI=1S/C14H21BrN2OS/c1-4-14(5-2,19-3)9-17-13(18)11-8-10(16)6-7-12(11)15/h6-8H,4-5,9,16H2,1-3H3,(H,17,18). The molecule has 0 aliphatic carbocycles. The van der Waals surface area contributed by atoms with E-state index in [1.54, 1.807) is 18.2 Å². The van der Waals surface area contributed by atoms with Crippen LogP contribution in [0.4, 0.5) is 5.69 Å². The number of carbonyl (C=O) groups excluding carboxylic acids is 1. The number of anilines is 1. The first-order valence-electron chi connectivity index (χ1n) is 6.36. The normalized spacial score (nSPS) is 11.4. The highest BCUT2D eigenvalue weighted by atomic mass is 79.9. The molecule has 0 unspecified atom stereocenters. The Morgan fingerprint density at radius 3 is 2.58 bits per heavy atom. The van der Waals surface area contributed by atoms with E-state index in [1.165, 1.54) is 0 Å². The summed E-state index contributed by atoms with van der Waals surface area (Å²) in [5.41, 5.74) is 6.90. The lowest BCUT2D eigenvalue weighted by molar-refractivity contribution is 0.0948. The number of benzene rings is 1. The third-order valence-corrected chi connectivity index (χ3v) is 5.81. The Morgan fingerprint density at radius 2 is 2.05 bits per heavy atom. The minimum absolute atomic E-state index is 0.0838. The second-order valence-electron chi connectivity index (χ2n) is 4.52. The number of thioether (sulfide) groups is 1. The molecule has 3 nitrogen and oxygen atoms in total. The van der Waals surface area contributed by atoms with Crippen LogP contribution in [0.25, 0.3) is 0 Å². The van der Waals surface area contributed by atoms with E-state index >= 15 is 0 Å². The lowest BCUT2D eigenvalue weighted by Crippen LogP contribution is -2.39. The third kappa shape index (κ3) is 4.14. The Labute approximate surface area is 127 Å². The Morgan fingerprint density at radius 1 is 1.42 bits per heavy atom. The largest absolute Gasteiger partial charge is 0.399 e. The molecular formula is C14H21BrN2OS. The molecule has 19 heavy (non-hydrogen) atoms. The monoisotopic (exact) mass is 344 g/mol. The van der Waals surface area contributed by atoms with E-state index in [1.807, 2.05) is 11.8 Å². The van der Waals surface area contributed by atoms with Gasteiger partial charge in [-0.15, -0.1) is 0 Å². The zero-order chi connectivity index (χ0) is 14.5. The number of carbonyl (C=O) groups is 1. The first-order valence-corrected chi connectivity index (χ1v) is 8.38. The maximum atomic E-state index is 12.2. The van der Waals surface area contributed by atoms with Gasteiger partial charge in [-0.2, -0.15) is 11.8 Å². The number of rotatable bonds is 6. The zero-order valence-corrected chi connectivity index (χ0v) is 14.0. The molecule has 0 saturated carbocycles. The molecule has 0 fully saturated rings. The van der Waals surface area contributed by atoms with Gasteiger partial charge in [-0.3, -0.25) is 4.79 Å². The number of nitrogen functional groups attached to an aromatic ring is 1. The van der Waals surface area contributed by atoms with E-state index < -0.39 is 0 Å². The molecule has 106 valence electrons. The third-order valence-electron chi connectivity index (χ3n) is 3.53. The number of hydrogen-bond acceptors (Lipinski definition) is 3. The summed E-state index contributed by atoms with van der Waals surface area (Å²) in [6.45, 7) is 4.98. The van der Waals surface area contributed by atoms with Crippen molar-refractivity contribution in [1.29, 1.82) is 0 Å². The van der Waals surface area contributed by atoms with Crippen molar-refractivity contribution in [2.24, 2.45) is 0 Å². The minimum Gasteiger partial charge on any atom is -0.399 e. The molecular weight excluding hydrogens is 324 g/mol. The van der Waals surface area contributed by atoms with Gasteiger partial charge in [0.2, 0.25) is 0 Å². The molecule has 1 aromatic rings. The van der Waals surface area contributed by atoms with Crippen molar-refractivity contribution in [2.75, 3.05) is 18.5 Å². The highest BCUT2D eigenvalue weighted by Gasteiger charge is 2.25. The molecule has 0 bridgehead atoms. The molecule has 0 spiro atoms. The van der Waals surface area contributed by atoms with Crippen LogP contribution in [0.1, 0.15) is 37.0 Å². The molecule has 3 N–H and O–H groups in total. The van der Waals surface area contributed by atoms with Crippen molar-refractivity contribution in [1.82, 2.24) is 5.32 Å². The fourth-order valence-electron chi connectivity index (χ4n) is 1.91. The number of nitrogens with two attached hydrogens (primary N) is 1. The van der Waals surface area contributed by atoms with Crippen LogP contribution >= 0.6 is 27.7 Å². The van der Waals surface area contributed by atoms with Gasteiger partial charge in [0.15, 0.2) is 0 Å². The molecule has 0 aliphatic heterocycles. The van der Waals surface area contributed by atoms with Crippen LogP contribution in [-0.2, 0) is 0 Å². The average molecular weight is 345 g/mol. The van der Waals surface area contributed by atoms with Crippen LogP contribution in [-0.4, -0.2) is 23.5 Å². The minimum atomic E-state index is -0.0838. The van der Waals surface area contributed by atoms with Gasteiger partial charge >= 0.3 is 0 Å². The number of hydrogen-bond donors (Lipinski definition) is 2. The lowest BCUT2D eigenvalue weighted by Gasteiger charge is -2.29. The predicted octanol–water partition coefficient (Wildman–Crippen LogP) is 3.68. The molecule has 0 atom stereocenters. The van der Waals surface area contributed by atoms with E-state index in [0.29, 0.717) is 17.8 Å². The molecule has 1 amide bonds. The summed E-state index contributed by atoms with van der Waals surface area (Å²) in [5, 5.41) is 3.02. The molecule has 0 saturated heterocycles. The summed E-state index contributed by atoms with van der Waals surface area (Å²) >= 11 is 5.19. The molecule has 0 radical (unpaired) electrons. The van der Waals surface area contributed by atoms with Crippen molar-refractivity contribution in [3.63, 3.8) is 0 Å². The Kier molecular flexibility index (Phi) is 6.20. The second kappa shape index (κ2) is 7.20. The molecule has 0 aromatic heterocycles. The van der Waals surface area contributed by atoms with Gasteiger partial charge in [0, 0.05) is 21.5 Å². The first kappa shape index (κ1) is 16.4. The van der Waals surface area contributed by atoms with Crippen LogP contribution in [0, 0.1) is 0 Å². The van der Waals surface area contributed by atoms with Crippen molar-refractivity contribution < 1.29 is 4.79 Å². The second-order valence-corrected chi connectivity index (χ2v) is 6.64. The summed E-state index contributed by atoms with van der Waals surface area (Å²) in [4.78, 5) is 12.2. The fraction of sp³-hybridized carbons (Fsp3) is 0.500. The Hall–Kier alpha value is -0.680. The smallest absolute Gasteiger partial charge is 0.252 e. The maximum Gasteiger partial charge on any atom is 0.252 e. The van der Waals surface area contributed by atoms with E-state index in [4.69, 9.17) is 5.73 Å². The predicted molar refractivity (Wildman–Crippen MR) is 87.7 cm³/mol. The van der Waals surface area contributed by atoms with Crippen molar-refractivity contribution in [3.8, 4) is 0 Å². The molecule has 0 heterocycles. The molecule has 1 aromatic carbocycles. The van der Waals surface area contributed by atoms with E-state index in [2.05, 4.69) is 41.3 Å². The van der Waals surface area contributed by atoms with Crippen LogP contribution in [0.15, 0.2) is 22.7 Å². The van der Waals surface area contributed by atoms with Gasteiger partial charge in [-0.05, 0) is 53.2 Å². The number of halogens is 1. The van der Waals surface area contributed by atoms with Crippen LogP contribution < -0.4 is 11.1 Å². The van der Waals surface area contributed by atoms with Crippen LogP contribution in [0.3, 0.4) is 0 Å². The maximum absolute atomic E-state index is 12.2. The van der Waals surface area contributed by atoms with Crippen LogP contribution in [0.2, 0.25) is 0 Å². The van der Waals surface area contributed by atoms with E-state index in [9.17, 15) is 4.79 Å². The lowest BCUT2D eigenvalue weighted by atomic mass is 10.0. The molecule has 0 aliphatic rings. The van der Waals surface area contributed by atoms with E-state index in [-0.39, 0.29) is 10.7 Å². The SMILES string of the molecule is CCC(CC)(CNC(=O)c1cc(N)ccc1Br)SC. The van der Waals surface area contributed by atoms with Crippen LogP contribution in [0.5, 0.6) is 0 Å². The van der Waals surface area contributed by atoms with Gasteiger partial charge in [-0.25, -0.2) is 0 Å². The van der Waals surface area contributed by atoms with Crippen molar-refractivity contribution in [2.45, 2.75) is 31.4 Å². The van der Waals surface area contributed by atoms with Gasteiger partial charge < -0.3 is 11.1 Å². The highest BCUT2D eigenvalue weighted by Crippen LogP contribution is 2.29. The Balaban J connectivity index is 2.77. The number of amides is 1. The summed E-state index contributed by atoms with van der Waals surface area (Å²) < 4.78 is 0.879. The van der Waals surface area contributed by atoms with E-state index in [0.717, 1.165) is 17.3 Å². The Bertz CT molecular complexity index is 439. The topological polar surface area (TPSA) is 55.1 Å². The average Bonchev–Trinajstić information content (AvgIpc) is 2.43. The summed E-state index contributed by atoms with van der Waals surface area (Å²) in [5.74, 6) is -0.0838. The first-order chi connectivity index (χ1) is 8.98. The van der Waals surface area contributed by atoms with Gasteiger partial charge in [0.1, 0.15) is 0 Å². The summed E-state index contributed by atoms with van der Waals surface area (Å²) in [6.07, 6.45) is 4.15. The summed E-state index contributed by atoms with van der Waals surface area (Å²) in [6, 6.07) is 5.26. The quantitative estimate of drug-likeness (QED) is 0.774.